The fourth-order valence-electron chi connectivity index (χ4n) is 1.50. The van der Waals surface area contributed by atoms with Gasteiger partial charge < -0.3 is 14.8 Å². The van der Waals surface area contributed by atoms with Gasteiger partial charge in [0.25, 0.3) is 0 Å². The lowest BCUT2D eigenvalue weighted by Crippen LogP contribution is -2.11. The number of nitrogens with zero attached hydrogens (tertiary/aromatic N) is 1. The molecule has 0 amide bonds. The molecule has 1 aromatic rings. The van der Waals surface area contributed by atoms with Gasteiger partial charge in [-0.3, -0.25) is 0 Å². The molecule has 0 bridgehead atoms. The van der Waals surface area contributed by atoms with E-state index in [1.807, 2.05) is 18.2 Å². The zero-order valence-corrected chi connectivity index (χ0v) is 11.2. The molecule has 100 valence electrons. The number of allylic oxidation sites excluding steroid dienone is 1. The highest BCUT2D eigenvalue weighted by Crippen LogP contribution is 2.25. The van der Waals surface area contributed by atoms with Gasteiger partial charge in [0.05, 0.1) is 19.4 Å². The third kappa shape index (κ3) is 3.75. The molecular formula is C14H16N2O3. The summed E-state index contributed by atoms with van der Waals surface area (Å²) in [5.41, 5.74) is 1.05. The third-order valence-corrected chi connectivity index (χ3v) is 2.40. The Hall–Kier alpha value is -2.48. The van der Waals surface area contributed by atoms with E-state index in [0.29, 0.717) is 17.1 Å². The summed E-state index contributed by atoms with van der Waals surface area (Å²) in [6.45, 7) is 3.56. The zero-order chi connectivity index (χ0) is 14.3. The molecule has 0 saturated heterocycles. The molecule has 0 aliphatic carbocycles. The van der Waals surface area contributed by atoms with Crippen molar-refractivity contribution in [2.45, 2.75) is 13.8 Å². The van der Waals surface area contributed by atoms with Crippen molar-refractivity contribution in [3.05, 3.63) is 35.5 Å². The van der Waals surface area contributed by atoms with Crippen molar-refractivity contribution in [3.63, 3.8) is 0 Å². The number of anilines is 1. The number of esters is 1. The van der Waals surface area contributed by atoms with Gasteiger partial charge in [0.2, 0.25) is 0 Å². The van der Waals surface area contributed by atoms with Crippen LogP contribution in [0.4, 0.5) is 5.69 Å². The molecule has 0 unspecified atom stereocenters. The van der Waals surface area contributed by atoms with E-state index in [0.717, 1.165) is 0 Å². The fraction of sp³-hybridized carbons (Fsp3) is 0.286. The van der Waals surface area contributed by atoms with Crippen molar-refractivity contribution in [3.8, 4) is 11.8 Å². The summed E-state index contributed by atoms with van der Waals surface area (Å²) < 4.78 is 10.0. The lowest BCUT2D eigenvalue weighted by molar-refractivity contribution is -0.138. The molecule has 0 aromatic heterocycles. The number of ether oxygens (including phenoxy) is 2. The number of nitriles is 1. The maximum Gasteiger partial charge on any atom is 0.350 e. The van der Waals surface area contributed by atoms with E-state index >= 15 is 0 Å². The number of hydrogen-bond donors (Lipinski definition) is 1. The van der Waals surface area contributed by atoms with Crippen molar-refractivity contribution in [2.75, 3.05) is 19.0 Å². The third-order valence-electron chi connectivity index (χ3n) is 2.40. The molecule has 1 aromatic carbocycles. The minimum absolute atomic E-state index is 0.0484. The molecule has 0 radical (unpaired) electrons. The highest BCUT2D eigenvalue weighted by Gasteiger charge is 2.14. The van der Waals surface area contributed by atoms with E-state index in [-0.39, 0.29) is 12.2 Å². The highest BCUT2D eigenvalue weighted by atomic mass is 16.5. The van der Waals surface area contributed by atoms with Crippen molar-refractivity contribution < 1.29 is 14.3 Å². The first-order valence-corrected chi connectivity index (χ1v) is 5.82. The van der Waals surface area contributed by atoms with Gasteiger partial charge in [0.15, 0.2) is 5.57 Å². The standard InChI is InChI=1S/C14H16N2O3/c1-4-19-14(17)11(9-15)10(2)16-12-7-5-6-8-13(12)18-3/h5-8,16H,4H2,1-3H3/b11-10+. The highest BCUT2D eigenvalue weighted by molar-refractivity contribution is 5.94. The Balaban J connectivity index is 3.02. The van der Waals surface area contributed by atoms with Gasteiger partial charge in [-0.05, 0) is 26.0 Å². The van der Waals surface area contributed by atoms with E-state index in [9.17, 15) is 4.79 Å². The summed E-state index contributed by atoms with van der Waals surface area (Å²) in [5.74, 6) is -0.00658. The maximum atomic E-state index is 11.6. The van der Waals surface area contributed by atoms with Crippen LogP contribution in [0.3, 0.4) is 0 Å². The number of hydrogen-bond acceptors (Lipinski definition) is 5. The van der Waals surface area contributed by atoms with Crippen molar-refractivity contribution in [1.29, 1.82) is 5.26 Å². The summed E-state index contributed by atoms with van der Waals surface area (Å²) in [7, 11) is 1.55. The normalized spacial score (nSPS) is 11.1. The number of methoxy groups -OCH3 is 1. The molecule has 19 heavy (non-hydrogen) atoms. The van der Waals surface area contributed by atoms with Gasteiger partial charge in [-0.15, -0.1) is 0 Å². The molecule has 0 aliphatic rings. The molecule has 0 saturated carbocycles. The molecule has 5 nitrogen and oxygen atoms in total. The molecular weight excluding hydrogens is 244 g/mol. The second-order valence-corrected chi connectivity index (χ2v) is 3.66. The van der Waals surface area contributed by atoms with Crippen LogP contribution in [0.5, 0.6) is 5.75 Å². The minimum Gasteiger partial charge on any atom is -0.495 e. The second kappa shape index (κ2) is 7.07. The quantitative estimate of drug-likeness (QED) is 0.500. The first kappa shape index (κ1) is 14.6. The summed E-state index contributed by atoms with van der Waals surface area (Å²) in [5, 5.41) is 12.0. The molecule has 0 heterocycles. The summed E-state index contributed by atoms with van der Waals surface area (Å²) >= 11 is 0. The minimum atomic E-state index is -0.634. The van der Waals surface area contributed by atoms with Gasteiger partial charge in [-0.1, -0.05) is 12.1 Å². The zero-order valence-electron chi connectivity index (χ0n) is 11.2. The number of carbonyl (C=O) groups excluding carboxylic acids is 1. The predicted octanol–water partition coefficient (Wildman–Crippen LogP) is 2.47. The Kier molecular flexibility index (Phi) is 5.42. The first-order chi connectivity index (χ1) is 9.13. The van der Waals surface area contributed by atoms with Crippen LogP contribution < -0.4 is 10.1 Å². The van der Waals surface area contributed by atoms with Gasteiger partial charge in [-0.2, -0.15) is 5.26 Å². The van der Waals surface area contributed by atoms with E-state index in [4.69, 9.17) is 14.7 Å². The lowest BCUT2D eigenvalue weighted by Gasteiger charge is -2.12. The molecule has 0 atom stereocenters. The monoisotopic (exact) mass is 260 g/mol. The number of carbonyl (C=O) groups is 1. The predicted molar refractivity (Wildman–Crippen MR) is 71.6 cm³/mol. The van der Waals surface area contributed by atoms with Gasteiger partial charge >= 0.3 is 5.97 Å². The average Bonchev–Trinajstić information content (AvgIpc) is 2.40. The van der Waals surface area contributed by atoms with Crippen molar-refractivity contribution in [1.82, 2.24) is 0 Å². The topological polar surface area (TPSA) is 71.4 Å². The number of para-hydroxylation sites is 2. The van der Waals surface area contributed by atoms with Crippen LogP contribution in [0, 0.1) is 11.3 Å². The summed E-state index contributed by atoms with van der Waals surface area (Å²) in [6.07, 6.45) is 0. The van der Waals surface area contributed by atoms with Gasteiger partial charge in [-0.25, -0.2) is 4.79 Å². The van der Waals surface area contributed by atoms with Crippen molar-refractivity contribution in [2.24, 2.45) is 0 Å². The van der Waals surface area contributed by atoms with Crippen LogP contribution in [-0.2, 0) is 9.53 Å². The van der Waals surface area contributed by atoms with E-state index in [1.165, 1.54) is 0 Å². The van der Waals surface area contributed by atoms with E-state index in [1.54, 1.807) is 33.1 Å². The van der Waals surface area contributed by atoms with Crippen LogP contribution in [0.25, 0.3) is 0 Å². The molecule has 5 heteroatoms. The molecule has 1 N–H and O–H groups in total. The van der Waals surface area contributed by atoms with Crippen LogP contribution in [0.15, 0.2) is 35.5 Å². The van der Waals surface area contributed by atoms with Crippen molar-refractivity contribution >= 4 is 11.7 Å². The summed E-state index contributed by atoms with van der Waals surface area (Å²) in [6, 6.07) is 9.08. The number of nitrogens with one attached hydrogen (secondary N) is 1. The van der Waals surface area contributed by atoms with Crippen LogP contribution in [0.2, 0.25) is 0 Å². The van der Waals surface area contributed by atoms with Crippen LogP contribution in [0.1, 0.15) is 13.8 Å². The van der Waals surface area contributed by atoms with E-state index in [2.05, 4.69) is 5.32 Å². The summed E-state index contributed by atoms with van der Waals surface area (Å²) in [4.78, 5) is 11.6. The maximum absolute atomic E-state index is 11.6. The smallest absolute Gasteiger partial charge is 0.350 e. The Bertz CT molecular complexity index is 530. The average molecular weight is 260 g/mol. The SMILES string of the molecule is CCOC(=O)/C(C#N)=C(\C)Nc1ccccc1OC. The Labute approximate surface area is 112 Å². The van der Waals surface area contributed by atoms with Crippen LogP contribution >= 0.6 is 0 Å². The number of benzene rings is 1. The largest absolute Gasteiger partial charge is 0.495 e. The Morgan fingerprint density at radius 1 is 1.42 bits per heavy atom. The number of rotatable bonds is 5. The Morgan fingerprint density at radius 2 is 2.11 bits per heavy atom. The lowest BCUT2D eigenvalue weighted by atomic mass is 10.2. The van der Waals surface area contributed by atoms with Gasteiger partial charge in [0.1, 0.15) is 11.8 Å². The van der Waals surface area contributed by atoms with Crippen LogP contribution in [-0.4, -0.2) is 19.7 Å². The second-order valence-electron chi connectivity index (χ2n) is 3.66. The Morgan fingerprint density at radius 3 is 2.68 bits per heavy atom. The molecule has 0 fully saturated rings. The molecule has 0 aliphatic heterocycles. The molecule has 1 rings (SSSR count). The fourth-order valence-corrected chi connectivity index (χ4v) is 1.50. The first-order valence-electron chi connectivity index (χ1n) is 5.82. The molecule has 0 spiro atoms. The van der Waals surface area contributed by atoms with E-state index < -0.39 is 5.97 Å². The van der Waals surface area contributed by atoms with Gasteiger partial charge in [0, 0.05) is 5.70 Å².